The molecule has 27 heavy (non-hydrogen) atoms. The van der Waals surface area contributed by atoms with Crippen molar-refractivity contribution < 1.29 is 13.7 Å². The zero-order valence-corrected chi connectivity index (χ0v) is 20.2. The van der Waals surface area contributed by atoms with Crippen molar-refractivity contribution in [3.05, 3.63) is 23.5 Å². The lowest BCUT2D eigenvalue weighted by atomic mass is 9.74. The fourth-order valence-electron chi connectivity index (χ4n) is 3.07. The summed E-state index contributed by atoms with van der Waals surface area (Å²) >= 11 is 0. The summed E-state index contributed by atoms with van der Waals surface area (Å²) < 4.78 is 19.2. The second-order valence-electron chi connectivity index (χ2n) is 10.5. The van der Waals surface area contributed by atoms with Gasteiger partial charge in [-0.1, -0.05) is 20.8 Å². The van der Waals surface area contributed by atoms with E-state index in [-0.39, 0.29) is 22.3 Å². The van der Waals surface area contributed by atoms with Crippen LogP contribution in [-0.2, 0) is 20.2 Å². The minimum atomic E-state index is -1.82. The number of nitrogens with zero attached hydrogens (tertiary/aromatic N) is 1. The number of pyridine rings is 1. The van der Waals surface area contributed by atoms with E-state index in [9.17, 15) is 0 Å². The van der Waals surface area contributed by atoms with E-state index in [0.717, 1.165) is 23.1 Å². The molecule has 1 fully saturated rings. The van der Waals surface area contributed by atoms with E-state index in [1.807, 2.05) is 12.3 Å². The molecule has 6 heteroatoms. The number of hydrogen-bond acceptors (Lipinski definition) is 4. The van der Waals surface area contributed by atoms with Crippen LogP contribution in [-0.4, -0.2) is 37.7 Å². The SMILES string of the molecule is Cc1ccnc(CC(C)O[Si](C)(C)C(C)(C)C)c1B1OC(C)(C)C(C)(C)O1. The van der Waals surface area contributed by atoms with Gasteiger partial charge in [-0.25, -0.2) is 0 Å². The summed E-state index contributed by atoms with van der Waals surface area (Å²) in [5, 5.41) is 0.190. The highest BCUT2D eigenvalue weighted by Crippen LogP contribution is 2.38. The Kier molecular flexibility index (Phi) is 6.10. The molecule has 0 aliphatic carbocycles. The molecule has 1 saturated heterocycles. The third-order valence-corrected chi connectivity index (χ3v) is 11.2. The molecule has 1 unspecified atom stereocenters. The summed E-state index contributed by atoms with van der Waals surface area (Å²) in [5.74, 6) is 0. The van der Waals surface area contributed by atoms with E-state index in [1.54, 1.807) is 0 Å². The minimum absolute atomic E-state index is 0.0985. The zero-order valence-electron chi connectivity index (χ0n) is 19.2. The van der Waals surface area contributed by atoms with Crippen LogP contribution in [0.1, 0.15) is 66.6 Å². The highest BCUT2D eigenvalue weighted by atomic mass is 28.4. The lowest BCUT2D eigenvalue weighted by Gasteiger charge is -2.38. The molecular weight excluding hydrogens is 353 g/mol. The molecule has 1 aromatic heterocycles. The average molecular weight is 391 g/mol. The molecule has 2 rings (SSSR count). The van der Waals surface area contributed by atoms with Crippen LogP contribution in [0.5, 0.6) is 0 Å². The Bertz CT molecular complexity index is 666. The second-order valence-corrected chi connectivity index (χ2v) is 15.2. The number of hydrogen-bond donors (Lipinski definition) is 0. The molecule has 1 aromatic rings. The van der Waals surface area contributed by atoms with Gasteiger partial charge in [0.25, 0.3) is 0 Å². The topological polar surface area (TPSA) is 40.6 Å². The van der Waals surface area contributed by atoms with Crippen LogP contribution in [0.15, 0.2) is 12.3 Å². The van der Waals surface area contributed by atoms with Gasteiger partial charge in [-0.05, 0) is 71.3 Å². The van der Waals surface area contributed by atoms with Gasteiger partial charge >= 0.3 is 7.12 Å². The first-order valence-corrected chi connectivity index (χ1v) is 13.0. The van der Waals surface area contributed by atoms with Crippen molar-refractivity contribution >= 4 is 20.9 Å². The molecule has 0 saturated carbocycles. The van der Waals surface area contributed by atoms with Crippen LogP contribution < -0.4 is 5.46 Å². The maximum absolute atomic E-state index is 6.56. The Hall–Kier alpha value is -0.688. The average Bonchev–Trinajstić information content (AvgIpc) is 2.64. The Morgan fingerprint density at radius 2 is 1.67 bits per heavy atom. The predicted molar refractivity (Wildman–Crippen MR) is 116 cm³/mol. The van der Waals surface area contributed by atoms with Crippen LogP contribution in [0.4, 0.5) is 0 Å². The predicted octanol–water partition coefficient (Wildman–Crippen LogP) is 4.64. The molecule has 1 aliphatic rings. The fraction of sp³-hybridized carbons (Fsp3) is 0.762. The smallest absolute Gasteiger partial charge is 0.414 e. The van der Waals surface area contributed by atoms with Crippen molar-refractivity contribution in [2.24, 2.45) is 0 Å². The molecule has 1 atom stereocenters. The largest absolute Gasteiger partial charge is 0.496 e. The standard InChI is InChI=1S/C21H38BNO3Si/c1-15-12-13-23-17(14-16(2)24-27(10,11)19(3,4)5)18(15)22-25-20(6,7)21(8,9)26-22/h12-13,16H,14H2,1-11H3. The number of aromatic nitrogens is 1. The number of rotatable bonds is 5. The van der Waals surface area contributed by atoms with Crippen molar-refractivity contribution in [2.45, 2.75) is 104 Å². The van der Waals surface area contributed by atoms with E-state index in [4.69, 9.17) is 13.7 Å². The third kappa shape index (κ3) is 4.66. The van der Waals surface area contributed by atoms with E-state index in [2.05, 4.69) is 80.4 Å². The second kappa shape index (κ2) is 7.29. The van der Waals surface area contributed by atoms with Gasteiger partial charge in [0, 0.05) is 29.9 Å². The summed E-state index contributed by atoms with van der Waals surface area (Å²) in [5.41, 5.74) is 2.50. The normalized spacial score (nSPS) is 20.8. The Morgan fingerprint density at radius 3 is 2.15 bits per heavy atom. The molecule has 0 amide bonds. The number of aryl methyl sites for hydroxylation is 1. The van der Waals surface area contributed by atoms with Crippen LogP contribution in [0.3, 0.4) is 0 Å². The highest BCUT2D eigenvalue weighted by Gasteiger charge is 2.52. The van der Waals surface area contributed by atoms with E-state index in [0.29, 0.717) is 0 Å². The first-order valence-electron chi connectivity index (χ1n) is 10.1. The van der Waals surface area contributed by atoms with Gasteiger partial charge in [0.2, 0.25) is 0 Å². The summed E-state index contributed by atoms with van der Waals surface area (Å²) in [6.45, 7) is 24.0. The zero-order chi connectivity index (χ0) is 20.8. The fourth-order valence-corrected chi connectivity index (χ4v) is 4.51. The first kappa shape index (κ1) is 22.6. The van der Waals surface area contributed by atoms with Gasteiger partial charge in [-0.3, -0.25) is 4.98 Å². The molecule has 4 nitrogen and oxygen atoms in total. The van der Waals surface area contributed by atoms with E-state index >= 15 is 0 Å². The molecule has 2 heterocycles. The van der Waals surface area contributed by atoms with E-state index < -0.39 is 15.4 Å². The van der Waals surface area contributed by atoms with Crippen LogP contribution >= 0.6 is 0 Å². The molecule has 0 spiro atoms. The summed E-state index contributed by atoms with van der Waals surface area (Å²) in [4.78, 5) is 4.69. The molecule has 152 valence electrons. The molecular formula is C21H38BNO3Si. The summed E-state index contributed by atoms with van der Waals surface area (Å²) in [7, 11) is -2.21. The van der Waals surface area contributed by atoms with Gasteiger partial charge < -0.3 is 13.7 Å². The third-order valence-electron chi connectivity index (χ3n) is 6.56. The van der Waals surface area contributed by atoms with Gasteiger partial charge in [0.15, 0.2) is 8.32 Å². The highest BCUT2D eigenvalue weighted by molar-refractivity contribution is 6.74. The van der Waals surface area contributed by atoms with E-state index in [1.165, 1.54) is 0 Å². The Balaban J connectivity index is 2.26. The van der Waals surface area contributed by atoms with Gasteiger partial charge in [-0.2, -0.15) is 0 Å². The lowest BCUT2D eigenvalue weighted by Crippen LogP contribution is -2.45. The van der Waals surface area contributed by atoms with Crippen molar-refractivity contribution in [3.63, 3.8) is 0 Å². The van der Waals surface area contributed by atoms with Crippen molar-refractivity contribution in [1.29, 1.82) is 0 Å². The monoisotopic (exact) mass is 391 g/mol. The molecule has 0 N–H and O–H groups in total. The Labute approximate surface area is 167 Å². The summed E-state index contributed by atoms with van der Waals surface area (Å²) in [6, 6.07) is 2.03. The maximum atomic E-state index is 6.56. The van der Waals surface area contributed by atoms with Crippen molar-refractivity contribution in [2.75, 3.05) is 0 Å². The van der Waals surface area contributed by atoms with Crippen LogP contribution in [0, 0.1) is 6.92 Å². The first-order chi connectivity index (χ1) is 12.1. The minimum Gasteiger partial charge on any atom is -0.414 e. The maximum Gasteiger partial charge on any atom is 0.496 e. The molecule has 1 aliphatic heterocycles. The molecule has 0 bridgehead atoms. The van der Waals surface area contributed by atoms with Crippen molar-refractivity contribution in [3.8, 4) is 0 Å². The van der Waals surface area contributed by atoms with Gasteiger partial charge in [0.05, 0.1) is 11.2 Å². The van der Waals surface area contributed by atoms with Crippen LogP contribution in [0.25, 0.3) is 0 Å². The van der Waals surface area contributed by atoms with Crippen LogP contribution in [0.2, 0.25) is 18.1 Å². The van der Waals surface area contributed by atoms with Gasteiger partial charge in [-0.15, -0.1) is 0 Å². The lowest BCUT2D eigenvalue weighted by molar-refractivity contribution is 0.00578. The molecule has 0 aromatic carbocycles. The molecule has 0 radical (unpaired) electrons. The summed E-state index contributed by atoms with van der Waals surface area (Å²) in [6.07, 6.45) is 2.73. The van der Waals surface area contributed by atoms with Gasteiger partial charge in [0.1, 0.15) is 0 Å². The Morgan fingerprint density at radius 1 is 1.15 bits per heavy atom. The van der Waals surface area contributed by atoms with Crippen molar-refractivity contribution in [1.82, 2.24) is 4.98 Å². The quantitative estimate of drug-likeness (QED) is 0.686.